The molecule has 1 aromatic carbocycles. The van der Waals surface area contributed by atoms with E-state index in [-0.39, 0.29) is 48.1 Å². The number of epoxide rings is 1. The van der Waals surface area contributed by atoms with Gasteiger partial charge in [-0.05, 0) is 126 Å². The number of rotatable bonds is 31. The van der Waals surface area contributed by atoms with Crippen molar-refractivity contribution in [2.24, 2.45) is 17.8 Å². The van der Waals surface area contributed by atoms with Gasteiger partial charge in [0, 0.05) is 43.1 Å². The van der Waals surface area contributed by atoms with Gasteiger partial charge in [-0.3, -0.25) is 19.8 Å². The predicted molar refractivity (Wildman–Crippen MR) is 302 cm³/mol. The molecule has 11 atom stereocenters. The van der Waals surface area contributed by atoms with E-state index in [1.807, 2.05) is 45.9 Å². The summed E-state index contributed by atoms with van der Waals surface area (Å²) in [6.07, 6.45) is 10.5. The monoisotopic (exact) mass is 1090 g/mol. The Kier molecular flexibility index (Phi) is 26.7. The smallest absolute Gasteiger partial charge is 0.365 e. The second kappa shape index (κ2) is 30.2. The Morgan fingerprint density at radius 3 is 2.00 bits per heavy atom. The van der Waals surface area contributed by atoms with Crippen molar-refractivity contribution in [3.05, 3.63) is 70.3 Å². The summed E-state index contributed by atoms with van der Waals surface area (Å²) >= 11 is 0. The molecule has 0 bridgehead atoms. The Morgan fingerprint density at radius 2 is 1.47 bits per heavy atom. The zero-order valence-corrected chi connectivity index (χ0v) is 51.8. The SMILES string of the molecule is CCOC(C)OC1(C)CCC(O[Si](CC)(CC)CC)CC(=O)OC(/C(C)=C/C=C/C(C)(CC2OC2C(C)C(CC)O[Si](CC)(CC)CC)O[Si](CC)(CC)CC)C(C)/C=C/C1C(=O)OOc1ccc([N+](=O)[O-])cc1. The molecule has 0 aliphatic carbocycles. The molecule has 2 aliphatic heterocycles. The van der Waals surface area contributed by atoms with Crippen LogP contribution in [0.4, 0.5) is 5.69 Å². The van der Waals surface area contributed by atoms with Crippen molar-refractivity contribution in [2.45, 2.75) is 252 Å². The predicted octanol–water partition coefficient (Wildman–Crippen LogP) is 14.8. The lowest BCUT2D eigenvalue weighted by Gasteiger charge is -2.39. The van der Waals surface area contributed by atoms with E-state index in [1.165, 1.54) is 24.3 Å². The van der Waals surface area contributed by atoms with E-state index >= 15 is 0 Å². The number of cyclic esters (lactones) is 1. The maximum absolute atomic E-state index is 14.4. The first-order valence-electron chi connectivity index (χ1n) is 28.4. The van der Waals surface area contributed by atoms with Crippen molar-refractivity contribution in [1.29, 1.82) is 0 Å². The molecule has 0 aromatic heterocycles. The second-order valence-corrected chi connectivity index (χ2v) is 35.6. The number of ether oxygens (including phenoxy) is 4. The Balaban J connectivity index is 2.12. The summed E-state index contributed by atoms with van der Waals surface area (Å²) < 4.78 is 47.1. The molecule has 2 heterocycles. The molecular formula is C57H99NO13Si3. The fourth-order valence-corrected chi connectivity index (χ4v) is 20.0. The van der Waals surface area contributed by atoms with Crippen LogP contribution in [0.5, 0.6) is 5.75 Å². The van der Waals surface area contributed by atoms with Gasteiger partial charge in [0.15, 0.2) is 37.0 Å². The third kappa shape index (κ3) is 18.3. The standard InChI is InChI=1S/C57H99NO13Si3/c1-18-50(70-73(23-6,24-7)25-8)44(14)54-51(64-54)41-56(16,71-74(26-9,27-10)28-11)38-29-30-42(12)53-43(13)31-36-49(55(60)68-67-47-34-32-46(33-35-47)58(61)62)57(17,66-45(15)63-19-2)39-37-48(40-52(59)65-53)69-72(20-3,21-4)22-5/h29-36,38,43-45,48-51,53-54H,18-28,37,39-41H2,1-17H3/b36-31+,38-29+,42-30+. The minimum atomic E-state index is -2.25. The Hall–Kier alpha value is -3.01. The third-order valence-electron chi connectivity index (χ3n) is 16.8. The third-order valence-corrected chi connectivity index (χ3v) is 30.9. The van der Waals surface area contributed by atoms with Crippen LogP contribution >= 0.6 is 0 Å². The molecule has 14 nitrogen and oxygen atoms in total. The minimum absolute atomic E-state index is 0.0212. The molecular weight excluding hydrogens is 991 g/mol. The molecule has 1 aromatic rings. The van der Waals surface area contributed by atoms with E-state index in [0.717, 1.165) is 66.4 Å². The second-order valence-electron chi connectivity index (χ2n) is 21.5. The van der Waals surface area contributed by atoms with E-state index < -0.39 is 77.4 Å². The van der Waals surface area contributed by atoms with E-state index in [9.17, 15) is 19.7 Å². The lowest BCUT2D eigenvalue weighted by atomic mass is 9.82. The molecule has 1 fully saturated rings. The van der Waals surface area contributed by atoms with Gasteiger partial charge in [-0.25, -0.2) is 9.68 Å². The summed E-state index contributed by atoms with van der Waals surface area (Å²) in [5.41, 5.74) is -1.18. The van der Waals surface area contributed by atoms with E-state index in [2.05, 4.69) is 89.2 Å². The van der Waals surface area contributed by atoms with E-state index in [0.29, 0.717) is 25.9 Å². The molecule has 2 aliphatic rings. The molecule has 3 rings (SSSR count). The number of nitrogens with zero attached hydrogens (tertiary/aromatic N) is 1. The van der Waals surface area contributed by atoms with Crippen molar-refractivity contribution in [3.8, 4) is 5.75 Å². The van der Waals surface area contributed by atoms with Crippen molar-refractivity contribution in [2.75, 3.05) is 6.61 Å². The van der Waals surface area contributed by atoms with Crippen LogP contribution in [0.15, 0.2) is 60.2 Å². The molecule has 0 saturated carbocycles. The first-order valence-corrected chi connectivity index (χ1v) is 36.0. The molecule has 0 spiro atoms. The maximum atomic E-state index is 14.4. The summed E-state index contributed by atoms with van der Waals surface area (Å²) in [6.45, 7) is 36.6. The topological polar surface area (TPSA) is 164 Å². The van der Waals surface area contributed by atoms with Crippen LogP contribution < -0.4 is 4.89 Å². The number of nitro benzene ring substituents is 1. The number of hydrogen-bond acceptors (Lipinski definition) is 13. The highest BCUT2D eigenvalue weighted by molar-refractivity contribution is 6.74. The number of carbonyl (C=O) groups excluding carboxylic acids is 2. The highest BCUT2D eigenvalue weighted by Gasteiger charge is 2.51. The lowest BCUT2D eigenvalue weighted by molar-refractivity contribution is -0.384. The highest BCUT2D eigenvalue weighted by Crippen LogP contribution is 2.43. The minimum Gasteiger partial charge on any atom is -0.457 e. The fourth-order valence-electron chi connectivity index (χ4n) is 11.0. The van der Waals surface area contributed by atoms with Gasteiger partial charge < -0.3 is 32.2 Å². The molecule has 0 radical (unpaired) electrons. The number of non-ortho nitro benzene ring substituents is 1. The summed E-state index contributed by atoms with van der Waals surface area (Å²) in [4.78, 5) is 50.6. The van der Waals surface area contributed by atoms with Gasteiger partial charge in [0.05, 0.1) is 40.9 Å². The molecule has 11 unspecified atom stereocenters. The van der Waals surface area contributed by atoms with Gasteiger partial charge in [-0.1, -0.05) is 113 Å². The lowest BCUT2D eigenvalue weighted by Crippen LogP contribution is -2.47. The van der Waals surface area contributed by atoms with Crippen LogP contribution in [0.2, 0.25) is 54.4 Å². The largest absolute Gasteiger partial charge is 0.457 e. The molecule has 0 amide bonds. The Labute approximate surface area is 449 Å². The quantitative estimate of drug-likeness (QED) is 0.00795. The first-order chi connectivity index (χ1) is 35.0. The van der Waals surface area contributed by atoms with Gasteiger partial charge in [0.1, 0.15) is 12.0 Å². The van der Waals surface area contributed by atoms with Crippen LogP contribution in [0.25, 0.3) is 0 Å². The van der Waals surface area contributed by atoms with E-state index in [4.69, 9.17) is 42.0 Å². The maximum Gasteiger partial charge on any atom is 0.365 e. The zero-order chi connectivity index (χ0) is 55.5. The molecule has 422 valence electrons. The molecule has 74 heavy (non-hydrogen) atoms. The Morgan fingerprint density at radius 1 is 0.892 bits per heavy atom. The van der Waals surface area contributed by atoms with Crippen molar-refractivity contribution in [3.63, 3.8) is 0 Å². The molecule has 1 saturated heterocycles. The average molecular weight is 1090 g/mol. The summed E-state index contributed by atoms with van der Waals surface area (Å²) in [5.74, 6) is -2.21. The average Bonchev–Trinajstić information content (AvgIpc) is 4.15. The van der Waals surface area contributed by atoms with Crippen LogP contribution in [0, 0.1) is 27.9 Å². The molecule has 17 heteroatoms. The Bertz CT molecular complexity index is 1950. The van der Waals surface area contributed by atoms with Gasteiger partial charge in [-0.15, -0.1) is 0 Å². The number of esters is 1. The summed E-state index contributed by atoms with van der Waals surface area (Å²) in [6, 6.07) is 14.3. The number of nitro groups is 1. The fraction of sp³-hybridized carbons (Fsp3) is 0.754. The van der Waals surface area contributed by atoms with Crippen molar-refractivity contribution < 1.29 is 56.5 Å². The number of allylic oxidation sites excluding steroid dienone is 2. The summed E-state index contributed by atoms with van der Waals surface area (Å²) in [5, 5.41) is 11.3. The zero-order valence-electron chi connectivity index (χ0n) is 48.8. The van der Waals surface area contributed by atoms with Gasteiger partial charge >= 0.3 is 11.9 Å². The normalized spacial score (nSPS) is 26.0. The number of benzene rings is 1. The van der Waals surface area contributed by atoms with Crippen LogP contribution in [0.1, 0.15) is 150 Å². The molecule has 0 N–H and O–H groups in total. The van der Waals surface area contributed by atoms with Gasteiger partial charge in [0.25, 0.3) is 5.69 Å². The van der Waals surface area contributed by atoms with Gasteiger partial charge in [-0.2, -0.15) is 0 Å². The van der Waals surface area contributed by atoms with Crippen molar-refractivity contribution >= 4 is 42.6 Å². The number of hydrogen-bond donors (Lipinski definition) is 0. The van der Waals surface area contributed by atoms with Crippen LogP contribution in [-0.4, -0.2) is 96.4 Å². The van der Waals surface area contributed by atoms with Crippen LogP contribution in [0.3, 0.4) is 0 Å². The van der Waals surface area contributed by atoms with Crippen LogP contribution in [-0.2, 0) is 46.7 Å². The first kappa shape index (κ1) is 65.3. The van der Waals surface area contributed by atoms with Crippen molar-refractivity contribution in [1.82, 2.24) is 0 Å². The van der Waals surface area contributed by atoms with E-state index in [1.54, 1.807) is 13.0 Å². The summed E-state index contributed by atoms with van der Waals surface area (Å²) in [7, 11) is -6.18. The number of carbonyl (C=O) groups is 2. The highest BCUT2D eigenvalue weighted by atomic mass is 28.4. The van der Waals surface area contributed by atoms with Gasteiger partial charge in [0.2, 0.25) is 0 Å².